The van der Waals surface area contributed by atoms with Gasteiger partial charge < -0.3 is 29.4 Å². The molecule has 7 rings (SSSR count). The summed E-state index contributed by atoms with van der Waals surface area (Å²) in [7, 11) is -8.82. The van der Waals surface area contributed by atoms with Gasteiger partial charge in [-0.15, -0.1) is 0 Å². The maximum Gasteiger partial charge on any atom is 0.435 e. The van der Waals surface area contributed by atoms with E-state index in [2.05, 4.69) is 32.3 Å². The molecule has 3 aromatic heterocycles. The highest BCUT2D eigenvalue weighted by Gasteiger charge is 2.68. The number of pyridine rings is 1. The number of alkyl halides is 8. The molecule has 2 aliphatic carbocycles. The lowest BCUT2D eigenvalue weighted by Crippen LogP contribution is -2.37. The SMILES string of the molecule is CC(C)(C#Cc1ccc(-c2ccc(Cl)c3c(N(C(=O)OCCOCCOCCOCCO)S(C)(=O)=O)nn(CC(F)(F)F)c23)c([C@H](Cc2cc(F)cc(F)c2)NC(=O)Cn2nc(C(F)(F)F)c3c2C(F)(F)C2C[C@H]32)n1)S(C)(=O)=O. The van der Waals surface area contributed by atoms with Crippen molar-refractivity contribution in [3.8, 4) is 23.0 Å². The molecule has 3 heterocycles. The minimum atomic E-state index is -5.24. The van der Waals surface area contributed by atoms with Crippen molar-refractivity contribution in [1.82, 2.24) is 29.9 Å². The van der Waals surface area contributed by atoms with E-state index in [1.165, 1.54) is 13.8 Å². The minimum Gasteiger partial charge on any atom is -0.446 e. The largest absolute Gasteiger partial charge is 0.446 e. The third-order valence-electron chi connectivity index (χ3n) is 12.4. The second-order valence-electron chi connectivity index (χ2n) is 18.7. The fourth-order valence-electron chi connectivity index (χ4n) is 8.63. The number of anilines is 1. The van der Waals surface area contributed by atoms with Gasteiger partial charge in [-0.1, -0.05) is 23.6 Å². The van der Waals surface area contributed by atoms with Crippen LogP contribution in [0.2, 0.25) is 5.02 Å². The van der Waals surface area contributed by atoms with Crippen molar-refractivity contribution in [2.75, 3.05) is 69.7 Å². The number of aromatic nitrogens is 5. The first-order valence-electron chi connectivity index (χ1n) is 23.5. The normalized spacial score (nSPS) is 16.5. The van der Waals surface area contributed by atoms with E-state index in [4.69, 9.17) is 35.7 Å². The molecule has 0 spiro atoms. The Balaban J connectivity index is 1.37. The van der Waals surface area contributed by atoms with Crippen LogP contribution in [0.15, 0.2) is 42.5 Å². The van der Waals surface area contributed by atoms with Gasteiger partial charge in [0.05, 0.1) is 80.2 Å². The number of carbonyl (C=O) groups excluding carboxylic acids is 2. The monoisotopic (exact) mass is 1190 g/mol. The van der Waals surface area contributed by atoms with E-state index in [9.17, 15) is 61.5 Å². The highest BCUT2D eigenvalue weighted by atomic mass is 35.5. The Morgan fingerprint density at radius 2 is 1.49 bits per heavy atom. The van der Waals surface area contributed by atoms with Crippen molar-refractivity contribution in [3.63, 3.8) is 0 Å². The van der Waals surface area contributed by atoms with Crippen molar-refractivity contribution in [2.45, 2.75) is 74.8 Å². The topological polar surface area (TPSA) is 223 Å². The van der Waals surface area contributed by atoms with Gasteiger partial charge in [0.1, 0.15) is 47.5 Å². The number of hydrogen-bond donors (Lipinski definition) is 2. The number of aliphatic hydroxyl groups is 1. The Labute approximate surface area is 449 Å². The van der Waals surface area contributed by atoms with Gasteiger partial charge in [0, 0.05) is 34.9 Å². The number of aliphatic hydroxyl groups excluding tert-OH is 1. The summed E-state index contributed by atoms with van der Waals surface area (Å²) in [6.45, 7) is -1.59. The van der Waals surface area contributed by atoms with E-state index < -0.39 is 155 Å². The zero-order chi connectivity index (χ0) is 58.2. The van der Waals surface area contributed by atoms with Gasteiger partial charge in [-0.3, -0.25) is 14.2 Å². The molecular formula is C48H48ClF10N7O11S2. The zero-order valence-corrected chi connectivity index (χ0v) is 44.3. The summed E-state index contributed by atoms with van der Waals surface area (Å²) in [6.07, 6.45) is -11.7. The van der Waals surface area contributed by atoms with Crippen molar-refractivity contribution in [3.05, 3.63) is 93.0 Å². The second kappa shape index (κ2) is 23.2. The summed E-state index contributed by atoms with van der Waals surface area (Å²) < 4.78 is 219. The number of hydrogen-bond acceptors (Lipinski definition) is 14. The van der Waals surface area contributed by atoms with Crippen LogP contribution in [0.25, 0.3) is 22.0 Å². The van der Waals surface area contributed by atoms with Crippen molar-refractivity contribution < 1.29 is 94.4 Å². The minimum absolute atomic E-state index is 0.0422. The molecule has 1 fully saturated rings. The molecule has 3 atom stereocenters. The lowest BCUT2D eigenvalue weighted by Gasteiger charge is -2.23. The Hall–Kier alpha value is -6.10. The van der Waals surface area contributed by atoms with Crippen molar-refractivity contribution in [1.29, 1.82) is 0 Å². The van der Waals surface area contributed by atoms with Gasteiger partial charge in [0.15, 0.2) is 21.3 Å². The van der Waals surface area contributed by atoms with Crippen LogP contribution >= 0.6 is 11.6 Å². The molecule has 2 aliphatic rings. The number of carbonyl (C=O) groups is 2. The van der Waals surface area contributed by atoms with Crippen LogP contribution in [0.4, 0.5) is 54.5 Å². The van der Waals surface area contributed by atoms with E-state index in [-0.39, 0.29) is 88.7 Å². The molecule has 79 heavy (non-hydrogen) atoms. The van der Waals surface area contributed by atoms with E-state index in [1.54, 1.807) is 0 Å². The number of sulfonamides is 1. The first-order valence-corrected chi connectivity index (χ1v) is 27.7. The highest BCUT2D eigenvalue weighted by Crippen LogP contribution is 2.68. The Morgan fingerprint density at radius 3 is 2.08 bits per heavy atom. The summed E-state index contributed by atoms with van der Waals surface area (Å²) in [6, 6.07) is 4.67. The standard InChI is InChI=1S/C48H48ClF10N7O11S2/c1-45(2,78(3,70)71)10-9-29-5-6-30(39(60-29)35(21-26-19-27(50)22-28(51)20-26)61-36(68)24-64-42-37(41(62-64)48(57,58)59)32-23-33(32)47(42,55)56)31-7-8-34(49)38-40(31)65(25-46(52,53)54)63-43(38)66(79(4,72)73)44(69)77-18-17-76-16-15-75-14-13-74-12-11-67/h5-8,19-20,22,32-33,35,67H,11-18,21,23-25H2,1-4H3,(H,61,68)/t32-,33?,35-/m0/s1. The maximum absolute atomic E-state index is 15.6. The molecular weight excluding hydrogens is 1140 g/mol. The summed E-state index contributed by atoms with van der Waals surface area (Å²) in [5, 5.41) is 17.4. The number of nitrogens with one attached hydrogen (secondary N) is 1. The first-order chi connectivity index (χ1) is 36.7. The first kappa shape index (κ1) is 60.5. The Kier molecular flexibility index (Phi) is 17.8. The van der Waals surface area contributed by atoms with Gasteiger partial charge >= 0.3 is 18.4 Å². The number of fused-ring (bicyclic) bond motifs is 4. The maximum atomic E-state index is 15.6. The molecule has 1 unspecified atom stereocenters. The van der Waals surface area contributed by atoms with Crippen LogP contribution in [0.5, 0.6) is 0 Å². The summed E-state index contributed by atoms with van der Waals surface area (Å²) in [5.41, 5.74) is -6.05. The fourth-order valence-corrected chi connectivity index (χ4v) is 9.87. The molecule has 0 bridgehead atoms. The van der Waals surface area contributed by atoms with Crippen molar-refractivity contribution >= 4 is 60.2 Å². The molecule has 0 aliphatic heterocycles. The van der Waals surface area contributed by atoms with E-state index in [1.807, 2.05) is 0 Å². The predicted molar refractivity (Wildman–Crippen MR) is 261 cm³/mol. The van der Waals surface area contributed by atoms with Crippen LogP contribution in [-0.4, -0.2) is 135 Å². The Bertz CT molecular complexity index is 3420. The van der Waals surface area contributed by atoms with Gasteiger partial charge in [0.2, 0.25) is 15.9 Å². The molecule has 0 radical (unpaired) electrons. The van der Waals surface area contributed by atoms with Crippen molar-refractivity contribution in [2.24, 2.45) is 5.92 Å². The molecule has 2 aromatic carbocycles. The number of rotatable bonds is 22. The lowest BCUT2D eigenvalue weighted by molar-refractivity contribution is -0.143. The molecule has 5 aromatic rings. The molecule has 1 saturated carbocycles. The number of nitrogens with zero attached hydrogens (tertiary/aromatic N) is 6. The fraction of sp³-hybridized carbons (Fsp3) is 0.479. The number of amides is 2. The van der Waals surface area contributed by atoms with Crippen LogP contribution in [-0.2, 0) is 75.2 Å². The quantitative estimate of drug-likeness (QED) is 0.0396. The molecule has 2 amide bonds. The van der Waals surface area contributed by atoms with Gasteiger partial charge in [-0.05, 0) is 74.4 Å². The Morgan fingerprint density at radius 1 is 0.886 bits per heavy atom. The van der Waals surface area contributed by atoms with E-state index in [0.29, 0.717) is 12.3 Å². The lowest BCUT2D eigenvalue weighted by atomic mass is 9.93. The average Bonchev–Trinajstić information content (AvgIpc) is 3.71. The number of benzene rings is 2. The number of ether oxygens (including phenoxy) is 4. The number of halogens is 11. The number of sulfone groups is 1. The summed E-state index contributed by atoms with van der Waals surface area (Å²) >= 11 is 6.66. The molecule has 31 heteroatoms. The smallest absolute Gasteiger partial charge is 0.435 e. The third-order valence-corrected chi connectivity index (χ3v) is 15.7. The van der Waals surface area contributed by atoms with E-state index in [0.717, 1.165) is 42.7 Å². The molecule has 0 saturated heterocycles. The predicted octanol–water partition coefficient (Wildman–Crippen LogP) is 7.24. The molecule has 430 valence electrons. The van der Waals surface area contributed by atoms with Crippen LogP contribution in [0, 0.1) is 29.4 Å². The second-order valence-corrected chi connectivity index (χ2v) is 23.5. The highest BCUT2D eigenvalue weighted by molar-refractivity contribution is 7.93. The van der Waals surface area contributed by atoms with Gasteiger partial charge in [-0.2, -0.15) is 49.6 Å². The zero-order valence-electron chi connectivity index (χ0n) is 41.9. The van der Waals surface area contributed by atoms with Gasteiger partial charge in [0.25, 0.3) is 5.92 Å². The summed E-state index contributed by atoms with van der Waals surface area (Å²) in [5.74, 6) is -6.16. The summed E-state index contributed by atoms with van der Waals surface area (Å²) in [4.78, 5) is 32.4. The van der Waals surface area contributed by atoms with Crippen LogP contribution in [0.1, 0.15) is 66.1 Å². The molecule has 18 nitrogen and oxygen atoms in total. The van der Waals surface area contributed by atoms with E-state index >= 15 is 8.78 Å². The van der Waals surface area contributed by atoms with Gasteiger partial charge in [-0.25, -0.2) is 35.4 Å². The molecule has 2 N–H and O–H groups in total. The average molecular weight is 1190 g/mol. The van der Waals surface area contributed by atoms with Crippen LogP contribution < -0.4 is 9.62 Å². The third kappa shape index (κ3) is 13.9. The van der Waals surface area contributed by atoms with Crippen LogP contribution in [0.3, 0.4) is 0 Å².